The van der Waals surface area contributed by atoms with E-state index in [4.69, 9.17) is 4.74 Å². The van der Waals surface area contributed by atoms with Gasteiger partial charge in [-0.3, -0.25) is 9.59 Å². The minimum absolute atomic E-state index is 0.0114. The molecule has 0 fully saturated rings. The van der Waals surface area contributed by atoms with Crippen molar-refractivity contribution in [1.82, 2.24) is 0 Å². The molecule has 96 valence electrons. The van der Waals surface area contributed by atoms with Crippen molar-refractivity contribution in [3.8, 4) is 5.75 Å². The molecule has 1 aromatic rings. The maximum Gasteiger partial charge on any atom is 0.235 e. The van der Waals surface area contributed by atoms with Crippen LogP contribution < -0.4 is 15.0 Å². The van der Waals surface area contributed by atoms with E-state index in [-0.39, 0.29) is 5.91 Å². The van der Waals surface area contributed by atoms with Crippen molar-refractivity contribution in [2.24, 2.45) is 5.41 Å². The Morgan fingerprint density at radius 2 is 2.17 bits per heavy atom. The van der Waals surface area contributed by atoms with Crippen LogP contribution in [0.25, 0.3) is 0 Å². The number of ether oxygens (including phenoxy) is 1. The van der Waals surface area contributed by atoms with Crippen LogP contribution in [0.2, 0.25) is 0 Å². The monoisotopic (exact) mass is 248 g/mol. The lowest BCUT2D eigenvalue weighted by Gasteiger charge is -2.24. The van der Waals surface area contributed by atoms with Crippen molar-refractivity contribution in [3.05, 3.63) is 18.2 Å². The molecule has 1 aromatic carbocycles. The van der Waals surface area contributed by atoms with Crippen LogP contribution in [0.5, 0.6) is 5.75 Å². The van der Waals surface area contributed by atoms with Gasteiger partial charge in [-0.2, -0.15) is 0 Å². The molecule has 5 nitrogen and oxygen atoms in total. The van der Waals surface area contributed by atoms with Gasteiger partial charge in [0.25, 0.3) is 0 Å². The predicted molar refractivity (Wildman–Crippen MR) is 68.8 cm³/mol. The molecule has 0 bridgehead atoms. The molecule has 0 atom stereocenters. The van der Waals surface area contributed by atoms with Crippen LogP contribution in [0, 0.1) is 5.41 Å². The van der Waals surface area contributed by atoms with Gasteiger partial charge in [-0.05, 0) is 26.0 Å². The SMILES string of the molecule is CN1C(=O)C(C)(C)COc2cc(NC=O)ccc21. The van der Waals surface area contributed by atoms with Gasteiger partial charge in [0.05, 0.1) is 11.1 Å². The average molecular weight is 248 g/mol. The van der Waals surface area contributed by atoms with Crippen LogP contribution in [-0.2, 0) is 9.59 Å². The Morgan fingerprint density at radius 1 is 1.44 bits per heavy atom. The molecule has 1 N–H and O–H groups in total. The van der Waals surface area contributed by atoms with Gasteiger partial charge in [-0.15, -0.1) is 0 Å². The molecular formula is C13H16N2O3. The van der Waals surface area contributed by atoms with Gasteiger partial charge in [-0.1, -0.05) is 0 Å². The van der Waals surface area contributed by atoms with Gasteiger partial charge in [0.1, 0.15) is 12.4 Å². The molecule has 5 heteroatoms. The van der Waals surface area contributed by atoms with Gasteiger partial charge in [0.15, 0.2) is 0 Å². The summed E-state index contributed by atoms with van der Waals surface area (Å²) in [7, 11) is 1.73. The summed E-state index contributed by atoms with van der Waals surface area (Å²) in [6, 6.07) is 5.22. The lowest BCUT2D eigenvalue weighted by atomic mass is 9.93. The van der Waals surface area contributed by atoms with Crippen molar-refractivity contribution in [2.75, 3.05) is 23.9 Å². The van der Waals surface area contributed by atoms with Gasteiger partial charge >= 0.3 is 0 Å². The fraction of sp³-hybridized carbons (Fsp3) is 0.385. The number of hydrogen-bond donors (Lipinski definition) is 1. The van der Waals surface area contributed by atoms with Crippen LogP contribution in [-0.4, -0.2) is 26.0 Å². The first kappa shape index (κ1) is 12.4. The molecule has 0 unspecified atom stereocenters. The standard InChI is InChI=1S/C13H16N2O3/c1-13(2)7-18-11-6-9(14-8-16)4-5-10(11)15(3)12(13)17/h4-6,8H,7H2,1-3H3,(H,14,16). The summed E-state index contributed by atoms with van der Waals surface area (Å²) >= 11 is 0. The Kier molecular flexibility index (Phi) is 2.98. The van der Waals surface area contributed by atoms with Crippen LogP contribution >= 0.6 is 0 Å². The Hall–Kier alpha value is -2.04. The molecule has 0 aromatic heterocycles. The highest BCUT2D eigenvalue weighted by Crippen LogP contribution is 2.37. The van der Waals surface area contributed by atoms with Crippen LogP contribution in [0.3, 0.4) is 0 Å². The molecule has 0 saturated heterocycles. The Morgan fingerprint density at radius 3 is 2.83 bits per heavy atom. The number of hydrogen-bond acceptors (Lipinski definition) is 3. The van der Waals surface area contributed by atoms with Gasteiger partial charge in [0.2, 0.25) is 12.3 Å². The van der Waals surface area contributed by atoms with E-state index < -0.39 is 5.41 Å². The Labute approximate surface area is 106 Å². The number of carbonyl (C=O) groups excluding carboxylic acids is 2. The summed E-state index contributed by atoms with van der Waals surface area (Å²) in [5.41, 5.74) is 0.790. The van der Waals surface area contributed by atoms with Gasteiger partial charge in [-0.25, -0.2) is 0 Å². The highest BCUT2D eigenvalue weighted by atomic mass is 16.5. The lowest BCUT2D eigenvalue weighted by Crippen LogP contribution is -2.39. The van der Waals surface area contributed by atoms with E-state index in [0.29, 0.717) is 30.1 Å². The van der Waals surface area contributed by atoms with E-state index in [2.05, 4.69) is 5.32 Å². The first-order chi connectivity index (χ1) is 8.45. The fourth-order valence-corrected chi connectivity index (χ4v) is 1.95. The average Bonchev–Trinajstić information content (AvgIpc) is 2.42. The number of amides is 2. The summed E-state index contributed by atoms with van der Waals surface area (Å²) in [4.78, 5) is 24.2. The Bertz CT molecular complexity index is 497. The number of carbonyl (C=O) groups is 2. The molecule has 2 amide bonds. The minimum Gasteiger partial charge on any atom is -0.490 e. The topological polar surface area (TPSA) is 58.6 Å². The quantitative estimate of drug-likeness (QED) is 0.809. The van der Waals surface area contributed by atoms with Crippen molar-refractivity contribution in [2.45, 2.75) is 13.8 Å². The number of nitrogens with zero attached hydrogens (tertiary/aromatic N) is 1. The number of benzene rings is 1. The molecule has 18 heavy (non-hydrogen) atoms. The van der Waals surface area contributed by atoms with E-state index in [1.54, 1.807) is 30.1 Å². The van der Waals surface area contributed by atoms with E-state index in [1.807, 2.05) is 13.8 Å². The summed E-state index contributed by atoms with van der Waals surface area (Å²) < 4.78 is 5.67. The van der Waals surface area contributed by atoms with Crippen molar-refractivity contribution < 1.29 is 14.3 Å². The zero-order valence-electron chi connectivity index (χ0n) is 10.7. The third kappa shape index (κ3) is 2.03. The van der Waals surface area contributed by atoms with Crippen LogP contribution in [0.15, 0.2) is 18.2 Å². The summed E-state index contributed by atoms with van der Waals surface area (Å²) in [5, 5.41) is 2.56. The summed E-state index contributed by atoms with van der Waals surface area (Å²) in [6.07, 6.45) is 0.608. The molecular weight excluding hydrogens is 232 g/mol. The zero-order valence-corrected chi connectivity index (χ0v) is 10.7. The third-order valence-electron chi connectivity index (χ3n) is 3.02. The van der Waals surface area contributed by atoms with E-state index in [1.165, 1.54) is 0 Å². The molecule has 1 aliphatic heterocycles. The maximum absolute atomic E-state index is 12.2. The largest absolute Gasteiger partial charge is 0.490 e. The Balaban J connectivity index is 2.43. The van der Waals surface area contributed by atoms with E-state index >= 15 is 0 Å². The lowest BCUT2D eigenvalue weighted by molar-refractivity contribution is -0.127. The van der Waals surface area contributed by atoms with Crippen LogP contribution in [0.1, 0.15) is 13.8 Å². The maximum atomic E-state index is 12.2. The van der Waals surface area contributed by atoms with E-state index in [9.17, 15) is 9.59 Å². The molecule has 0 spiro atoms. The minimum atomic E-state index is -0.563. The molecule has 2 rings (SSSR count). The fourth-order valence-electron chi connectivity index (χ4n) is 1.95. The second-order valence-electron chi connectivity index (χ2n) is 4.98. The molecule has 1 heterocycles. The first-order valence-corrected chi connectivity index (χ1v) is 5.71. The van der Waals surface area contributed by atoms with Crippen molar-refractivity contribution >= 4 is 23.7 Å². The molecule has 0 saturated carbocycles. The molecule has 0 aliphatic carbocycles. The number of fused-ring (bicyclic) bond motifs is 1. The van der Waals surface area contributed by atoms with Crippen LogP contribution in [0.4, 0.5) is 11.4 Å². The summed E-state index contributed by atoms with van der Waals surface area (Å²) in [5.74, 6) is 0.612. The van der Waals surface area contributed by atoms with Crippen molar-refractivity contribution in [3.63, 3.8) is 0 Å². The number of nitrogens with one attached hydrogen (secondary N) is 1. The number of anilines is 2. The molecule has 1 aliphatic rings. The van der Waals surface area contributed by atoms with E-state index in [0.717, 1.165) is 0 Å². The zero-order chi connectivity index (χ0) is 13.3. The van der Waals surface area contributed by atoms with Gasteiger partial charge < -0.3 is 15.0 Å². The normalized spacial score (nSPS) is 17.5. The second kappa shape index (κ2) is 4.33. The smallest absolute Gasteiger partial charge is 0.235 e. The molecule has 0 radical (unpaired) electrons. The predicted octanol–water partition coefficient (Wildman–Crippen LogP) is 1.64. The van der Waals surface area contributed by atoms with Crippen molar-refractivity contribution in [1.29, 1.82) is 0 Å². The number of rotatable bonds is 2. The van der Waals surface area contributed by atoms with Gasteiger partial charge in [0, 0.05) is 18.8 Å². The highest BCUT2D eigenvalue weighted by molar-refractivity contribution is 5.99. The summed E-state index contributed by atoms with van der Waals surface area (Å²) in [6.45, 7) is 4.01. The second-order valence-corrected chi connectivity index (χ2v) is 4.98. The third-order valence-corrected chi connectivity index (χ3v) is 3.02. The highest BCUT2D eigenvalue weighted by Gasteiger charge is 2.35. The first-order valence-electron chi connectivity index (χ1n) is 5.71.